The third-order valence-electron chi connectivity index (χ3n) is 2.17. The summed E-state index contributed by atoms with van der Waals surface area (Å²) in [5.41, 5.74) is 1.33. The van der Waals surface area contributed by atoms with E-state index in [1.54, 1.807) is 29.1 Å². The van der Waals surface area contributed by atoms with Gasteiger partial charge in [-0.05, 0) is 12.1 Å². The molecule has 0 atom stereocenters. The number of carbonyl (C=O) groups excluding carboxylic acids is 1. The highest BCUT2D eigenvalue weighted by Gasteiger charge is 2.06. The number of aromatic nitrogens is 2. The van der Waals surface area contributed by atoms with E-state index >= 15 is 0 Å². The predicted molar refractivity (Wildman–Crippen MR) is 63.2 cm³/mol. The molecule has 0 aliphatic carbocycles. The van der Waals surface area contributed by atoms with Gasteiger partial charge >= 0.3 is 0 Å². The van der Waals surface area contributed by atoms with E-state index in [4.69, 9.17) is 23.2 Å². The van der Waals surface area contributed by atoms with Crippen LogP contribution in [0.4, 0.5) is 0 Å². The Labute approximate surface area is 103 Å². The van der Waals surface area contributed by atoms with E-state index in [2.05, 4.69) is 5.10 Å². The van der Waals surface area contributed by atoms with Gasteiger partial charge in [0.1, 0.15) is 0 Å². The van der Waals surface area contributed by atoms with Crippen LogP contribution < -0.4 is 0 Å². The van der Waals surface area contributed by atoms with Crippen molar-refractivity contribution < 1.29 is 4.79 Å². The van der Waals surface area contributed by atoms with Crippen LogP contribution in [0.5, 0.6) is 0 Å². The standard InChI is InChI=1S/C11H8Cl2N2O/c12-10-2-1-3-11(13)9(10)6-15-5-8(7-16)4-14-15/h1-5,7H,6H2. The number of nitrogens with zero attached hydrogens (tertiary/aromatic N) is 2. The Morgan fingerprint density at radius 3 is 2.56 bits per heavy atom. The first-order valence-electron chi connectivity index (χ1n) is 4.61. The van der Waals surface area contributed by atoms with Gasteiger partial charge in [-0.25, -0.2) is 0 Å². The molecule has 2 rings (SSSR count). The fourth-order valence-electron chi connectivity index (χ4n) is 1.37. The second kappa shape index (κ2) is 4.68. The van der Waals surface area contributed by atoms with Gasteiger partial charge in [-0.2, -0.15) is 5.10 Å². The Kier molecular flexibility index (Phi) is 3.27. The minimum absolute atomic E-state index is 0.451. The molecule has 5 heteroatoms. The first kappa shape index (κ1) is 11.2. The van der Waals surface area contributed by atoms with Crippen LogP contribution in [0.1, 0.15) is 15.9 Å². The number of hydrogen-bond donors (Lipinski definition) is 0. The highest BCUT2D eigenvalue weighted by molar-refractivity contribution is 6.35. The van der Waals surface area contributed by atoms with Crippen molar-refractivity contribution in [3.05, 3.63) is 51.8 Å². The van der Waals surface area contributed by atoms with E-state index < -0.39 is 0 Å². The van der Waals surface area contributed by atoms with Crippen LogP contribution in [0, 0.1) is 0 Å². The fourth-order valence-corrected chi connectivity index (χ4v) is 1.89. The van der Waals surface area contributed by atoms with Crippen LogP contribution in [0.15, 0.2) is 30.6 Å². The lowest BCUT2D eigenvalue weighted by molar-refractivity contribution is 0.112. The molecule has 82 valence electrons. The van der Waals surface area contributed by atoms with Gasteiger partial charge in [0.15, 0.2) is 6.29 Å². The fraction of sp³-hybridized carbons (Fsp3) is 0.0909. The number of halogens is 2. The summed E-state index contributed by atoms with van der Waals surface area (Å²) in [6.07, 6.45) is 3.89. The van der Waals surface area contributed by atoms with E-state index in [9.17, 15) is 4.79 Å². The highest BCUT2D eigenvalue weighted by atomic mass is 35.5. The van der Waals surface area contributed by atoms with E-state index in [-0.39, 0.29) is 0 Å². The SMILES string of the molecule is O=Cc1cnn(Cc2c(Cl)cccc2Cl)c1. The van der Waals surface area contributed by atoms with Crippen molar-refractivity contribution in [2.24, 2.45) is 0 Å². The molecule has 16 heavy (non-hydrogen) atoms. The topological polar surface area (TPSA) is 34.9 Å². The molecular formula is C11H8Cl2N2O. The van der Waals surface area contributed by atoms with Gasteiger partial charge < -0.3 is 0 Å². The predicted octanol–water partition coefficient (Wildman–Crippen LogP) is 3.05. The van der Waals surface area contributed by atoms with Crippen LogP contribution in [0.3, 0.4) is 0 Å². The average molecular weight is 255 g/mol. The summed E-state index contributed by atoms with van der Waals surface area (Å²) >= 11 is 12.0. The quantitative estimate of drug-likeness (QED) is 0.790. The number of benzene rings is 1. The van der Waals surface area contributed by atoms with Crippen molar-refractivity contribution in [1.82, 2.24) is 9.78 Å². The Balaban J connectivity index is 2.29. The van der Waals surface area contributed by atoms with Gasteiger partial charge in [0.25, 0.3) is 0 Å². The lowest BCUT2D eigenvalue weighted by atomic mass is 10.2. The van der Waals surface area contributed by atoms with E-state index in [0.29, 0.717) is 22.2 Å². The summed E-state index contributed by atoms with van der Waals surface area (Å²) in [4.78, 5) is 10.5. The maximum absolute atomic E-state index is 10.5. The number of aldehydes is 1. The van der Waals surface area contributed by atoms with Gasteiger partial charge in [0.05, 0.1) is 18.3 Å². The second-order valence-electron chi connectivity index (χ2n) is 3.29. The van der Waals surface area contributed by atoms with Gasteiger partial charge in [-0.15, -0.1) is 0 Å². The zero-order valence-electron chi connectivity index (χ0n) is 8.23. The Hall–Kier alpha value is -1.32. The van der Waals surface area contributed by atoms with Crippen LogP contribution >= 0.6 is 23.2 Å². The minimum atomic E-state index is 0.451. The summed E-state index contributed by atoms with van der Waals surface area (Å²) in [5, 5.41) is 5.22. The smallest absolute Gasteiger partial charge is 0.153 e. The van der Waals surface area contributed by atoms with E-state index in [1.807, 2.05) is 0 Å². The van der Waals surface area contributed by atoms with Crippen molar-refractivity contribution in [3.63, 3.8) is 0 Å². The Morgan fingerprint density at radius 1 is 1.31 bits per heavy atom. The number of rotatable bonds is 3. The van der Waals surface area contributed by atoms with Gasteiger partial charge in [0.2, 0.25) is 0 Å². The third-order valence-corrected chi connectivity index (χ3v) is 2.88. The van der Waals surface area contributed by atoms with Gasteiger partial charge in [0, 0.05) is 21.8 Å². The van der Waals surface area contributed by atoms with Gasteiger partial charge in [-0.1, -0.05) is 29.3 Å². The summed E-state index contributed by atoms with van der Waals surface area (Å²) < 4.78 is 1.62. The average Bonchev–Trinajstić information content (AvgIpc) is 2.71. The molecule has 0 fully saturated rings. The van der Waals surface area contributed by atoms with E-state index in [1.165, 1.54) is 6.20 Å². The molecule has 1 heterocycles. The molecule has 3 nitrogen and oxygen atoms in total. The molecule has 0 unspecified atom stereocenters. The molecule has 0 spiro atoms. The molecule has 0 N–H and O–H groups in total. The largest absolute Gasteiger partial charge is 0.298 e. The molecule has 0 aliphatic heterocycles. The second-order valence-corrected chi connectivity index (χ2v) is 4.10. The molecule has 0 saturated heterocycles. The zero-order chi connectivity index (χ0) is 11.5. The maximum Gasteiger partial charge on any atom is 0.153 e. The summed E-state index contributed by atoms with van der Waals surface area (Å²) in [6, 6.07) is 5.33. The third kappa shape index (κ3) is 2.26. The van der Waals surface area contributed by atoms with Crippen LogP contribution in [0.25, 0.3) is 0 Å². The number of carbonyl (C=O) groups is 1. The lowest BCUT2D eigenvalue weighted by Crippen LogP contribution is -2.01. The molecule has 1 aromatic carbocycles. The van der Waals surface area contributed by atoms with Crippen LogP contribution in [-0.2, 0) is 6.54 Å². The Morgan fingerprint density at radius 2 is 2.00 bits per heavy atom. The summed E-state index contributed by atoms with van der Waals surface area (Å²) in [7, 11) is 0. The molecular weight excluding hydrogens is 247 g/mol. The molecule has 0 bridgehead atoms. The maximum atomic E-state index is 10.5. The van der Waals surface area contributed by atoms with Crippen molar-refractivity contribution in [2.75, 3.05) is 0 Å². The van der Waals surface area contributed by atoms with E-state index in [0.717, 1.165) is 11.8 Å². The minimum Gasteiger partial charge on any atom is -0.298 e. The number of hydrogen-bond acceptors (Lipinski definition) is 2. The van der Waals surface area contributed by atoms with Gasteiger partial charge in [-0.3, -0.25) is 9.48 Å². The molecule has 0 radical (unpaired) electrons. The van der Waals surface area contributed by atoms with Crippen LogP contribution in [-0.4, -0.2) is 16.1 Å². The van der Waals surface area contributed by atoms with Crippen molar-refractivity contribution in [2.45, 2.75) is 6.54 Å². The summed E-state index contributed by atoms with van der Waals surface area (Å²) in [6.45, 7) is 0.451. The normalized spacial score (nSPS) is 10.4. The first-order valence-corrected chi connectivity index (χ1v) is 5.37. The molecule has 0 amide bonds. The highest BCUT2D eigenvalue weighted by Crippen LogP contribution is 2.24. The Bertz CT molecular complexity index is 502. The zero-order valence-corrected chi connectivity index (χ0v) is 9.74. The molecule has 0 saturated carbocycles. The molecule has 0 aliphatic rings. The summed E-state index contributed by atoms with van der Waals surface area (Å²) in [5.74, 6) is 0. The molecule has 1 aromatic heterocycles. The monoisotopic (exact) mass is 254 g/mol. The molecule has 2 aromatic rings. The van der Waals surface area contributed by atoms with Crippen molar-refractivity contribution in [3.8, 4) is 0 Å². The first-order chi connectivity index (χ1) is 7.70. The van der Waals surface area contributed by atoms with Crippen molar-refractivity contribution >= 4 is 29.5 Å². The van der Waals surface area contributed by atoms with Crippen LogP contribution in [0.2, 0.25) is 10.0 Å². The lowest BCUT2D eigenvalue weighted by Gasteiger charge is -2.06. The van der Waals surface area contributed by atoms with Crippen molar-refractivity contribution in [1.29, 1.82) is 0 Å².